The summed E-state index contributed by atoms with van der Waals surface area (Å²) in [5.41, 5.74) is 2.09. The van der Waals surface area contributed by atoms with Crippen LogP contribution in [0.25, 0.3) is 0 Å². The van der Waals surface area contributed by atoms with Crippen molar-refractivity contribution in [1.29, 1.82) is 0 Å². The lowest BCUT2D eigenvalue weighted by molar-refractivity contribution is -0.142. The minimum Gasteiger partial charge on any atom is -0.466 e. The van der Waals surface area contributed by atoms with Gasteiger partial charge in [0, 0.05) is 16.1 Å². The van der Waals surface area contributed by atoms with Gasteiger partial charge < -0.3 is 14.2 Å². The summed E-state index contributed by atoms with van der Waals surface area (Å²) in [4.78, 5) is 26.2. The number of benzene rings is 3. The highest BCUT2D eigenvalue weighted by Gasteiger charge is 2.39. The van der Waals surface area contributed by atoms with Crippen LogP contribution in [0.15, 0.2) is 71.2 Å². The van der Waals surface area contributed by atoms with Crippen LogP contribution in [0.5, 0.6) is 11.5 Å². The zero-order valence-corrected chi connectivity index (χ0v) is 21.0. The number of hydrogen-bond donors (Lipinski definition) is 0. The summed E-state index contributed by atoms with van der Waals surface area (Å²) < 4.78 is 31.7. The molecule has 35 heavy (non-hydrogen) atoms. The number of carbonyl (C=O) groups excluding carboxylic acids is 2. The van der Waals surface area contributed by atoms with E-state index < -0.39 is 17.9 Å². The summed E-state index contributed by atoms with van der Waals surface area (Å²) >= 11 is 3.47. The quantitative estimate of drug-likeness (QED) is 0.302. The molecule has 2 atom stereocenters. The predicted octanol–water partition coefficient (Wildman–Crippen LogP) is 6.57. The van der Waals surface area contributed by atoms with Gasteiger partial charge in [-0.3, -0.25) is 9.69 Å². The molecule has 1 amide bonds. The van der Waals surface area contributed by atoms with E-state index in [1.54, 1.807) is 30.0 Å². The molecule has 1 aliphatic heterocycles. The summed E-state index contributed by atoms with van der Waals surface area (Å²) in [5, 5.41) is 0. The number of rotatable bonds is 8. The van der Waals surface area contributed by atoms with E-state index in [1.165, 1.54) is 12.1 Å². The van der Waals surface area contributed by atoms with Crippen molar-refractivity contribution in [2.45, 2.75) is 39.0 Å². The highest BCUT2D eigenvalue weighted by molar-refractivity contribution is 9.10. The van der Waals surface area contributed by atoms with Crippen molar-refractivity contribution in [3.63, 3.8) is 0 Å². The van der Waals surface area contributed by atoms with Crippen molar-refractivity contribution in [2.75, 3.05) is 6.61 Å². The largest absolute Gasteiger partial charge is 0.466 e. The first-order valence-electron chi connectivity index (χ1n) is 11.3. The fourth-order valence-corrected chi connectivity index (χ4v) is 4.45. The van der Waals surface area contributed by atoms with Crippen LogP contribution in [0.3, 0.4) is 0 Å². The van der Waals surface area contributed by atoms with Gasteiger partial charge in [-0.15, -0.1) is 0 Å². The number of hydrogen-bond acceptors (Lipinski definition) is 5. The SMILES string of the molecule is CCOC(=O)Cc1cc(F)cc(Oc2ccc(Br)cc2CN2C(=O)OC(c3ccccc3)[C@@H]2C)c1. The summed E-state index contributed by atoms with van der Waals surface area (Å²) in [7, 11) is 0. The predicted molar refractivity (Wildman–Crippen MR) is 132 cm³/mol. The molecule has 0 bridgehead atoms. The molecule has 1 fully saturated rings. The lowest BCUT2D eigenvalue weighted by Gasteiger charge is -2.22. The van der Waals surface area contributed by atoms with Crippen molar-refractivity contribution in [1.82, 2.24) is 4.90 Å². The van der Waals surface area contributed by atoms with Crippen LogP contribution in [0.2, 0.25) is 0 Å². The van der Waals surface area contributed by atoms with Crippen molar-refractivity contribution in [3.05, 3.63) is 93.7 Å². The number of halogens is 2. The second-order valence-corrected chi connectivity index (χ2v) is 9.13. The molecule has 1 aliphatic rings. The van der Waals surface area contributed by atoms with Gasteiger partial charge in [-0.25, -0.2) is 9.18 Å². The van der Waals surface area contributed by atoms with Crippen LogP contribution in [0, 0.1) is 5.82 Å². The molecule has 6 nitrogen and oxygen atoms in total. The zero-order chi connectivity index (χ0) is 24.9. The highest BCUT2D eigenvalue weighted by Crippen LogP contribution is 2.36. The van der Waals surface area contributed by atoms with Gasteiger partial charge in [0.1, 0.15) is 23.4 Å². The van der Waals surface area contributed by atoms with E-state index in [0.29, 0.717) is 16.9 Å². The maximum absolute atomic E-state index is 14.3. The molecule has 0 radical (unpaired) electrons. The molecular formula is C27H25BrFNO5. The first kappa shape index (κ1) is 24.7. The maximum Gasteiger partial charge on any atom is 0.411 e. The van der Waals surface area contributed by atoms with Gasteiger partial charge in [0.25, 0.3) is 0 Å². The molecule has 0 aliphatic carbocycles. The third-order valence-electron chi connectivity index (χ3n) is 5.70. The average Bonchev–Trinajstić information content (AvgIpc) is 3.09. The van der Waals surface area contributed by atoms with Crippen LogP contribution in [0.1, 0.15) is 36.6 Å². The highest BCUT2D eigenvalue weighted by atomic mass is 79.9. The molecule has 1 unspecified atom stereocenters. The van der Waals surface area contributed by atoms with E-state index in [2.05, 4.69) is 15.9 Å². The number of cyclic esters (lactones) is 1. The number of carbonyl (C=O) groups is 2. The van der Waals surface area contributed by atoms with Crippen LogP contribution in [0.4, 0.5) is 9.18 Å². The Hall–Kier alpha value is -3.39. The molecule has 3 aromatic carbocycles. The molecule has 182 valence electrons. The molecule has 0 spiro atoms. The molecule has 3 aromatic rings. The van der Waals surface area contributed by atoms with E-state index in [0.717, 1.165) is 10.0 Å². The molecule has 0 saturated carbocycles. The maximum atomic E-state index is 14.3. The van der Waals surface area contributed by atoms with Crippen LogP contribution in [-0.2, 0) is 27.2 Å². The third kappa shape index (κ3) is 6.00. The Morgan fingerprint density at radius 2 is 1.89 bits per heavy atom. The Balaban J connectivity index is 1.56. The van der Waals surface area contributed by atoms with Crippen molar-refractivity contribution < 1.29 is 28.2 Å². The summed E-state index contributed by atoms with van der Waals surface area (Å²) in [6.07, 6.45) is -0.860. The molecular weight excluding hydrogens is 517 g/mol. The van der Waals surface area contributed by atoms with E-state index in [1.807, 2.05) is 43.3 Å². The number of nitrogens with zero attached hydrogens (tertiary/aromatic N) is 1. The van der Waals surface area contributed by atoms with E-state index in [4.69, 9.17) is 14.2 Å². The van der Waals surface area contributed by atoms with Gasteiger partial charge in [-0.1, -0.05) is 46.3 Å². The Labute approximate surface area is 211 Å². The second-order valence-electron chi connectivity index (χ2n) is 8.21. The van der Waals surface area contributed by atoms with E-state index >= 15 is 0 Å². The summed E-state index contributed by atoms with van der Waals surface area (Å²) in [5.74, 6) is -0.262. The molecule has 1 heterocycles. The summed E-state index contributed by atoms with van der Waals surface area (Å²) in [6, 6.07) is 18.9. The van der Waals surface area contributed by atoms with E-state index in [9.17, 15) is 14.0 Å². The fraction of sp³-hybridized carbons (Fsp3) is 0.259. The van der Waals surface area contributed by atoms with Crippen molar-refractivity contribution in [2.24, 2.45) is 0 Å². The van der Waals surface area contributed by atoms with Gasteiger partial charge in [-0.2, -0.15) is 0 Å². The first-order chi connectivity index (χ1) is 16.8. The Morgan fingerprint density at radius 1 is 1.11 bits per heavy atom. The van der Waals surface area contributed by atoms with E-state index in [-0.39, 0.29) is 37.5 Å². The molecule has 4 rings (SSSR count). The average molecular weight is 542 g/mol. The van der Waals surface area contributed by atoms with Gasteiger partial charge in [-0.05, 0) is 55.3 Å². The van der Waals surface area contributed by atoms with Crippen LogP contribution >= 0.6 is 15.9 Å². The molecule has 1 saturated heterocycles. The second kappa shape index (κ2) is 10.9. The molecule has 0 aromatic heterocycles. The van der Waals surface area contributed by atoms with Gasteiger partial charge >= 0.3 is 12.1 Å². The number of esters is 1. The van der Waals surface area contributed by atoms with Crippen LogP contribution < -0.4 is 4.74 Å². The minimum atomic E-state index is -0.525. The van der Waals surface area contributed by atoms with Crippen LogP contribution in [-0.4, -0.2) is 29.6 Å². The minimum absolute atomic E-state index is 0.0623. The molecule has 0 N–H and O–H groups in total. The normalized spacial score (nSPS) is 17.3. The van der Waals surface area contributed by atoms with Gasteiger partial charge in [0.05, 0.1) is 25.6 Å². The number of amides is 1. The monoisotopic (exact) mass is 541 g/mol. The number of ether oxygens (including phenoxy) is 3. The van der Waals surface area contributed by atoms with Gasteiger partial charge in [0.2, 0.25) is 0 Å². The Morgan fingerprint density at radius 3 is 2.63 bits per heavy atom. The Bertz CT molecular complexity index is 1220. The summed E-state index contributed by atoms with van der Waals surface area (Å²) in [6.45, 7) is 4.15. The first-order valence-corrected chi connectivity index (χ1v) is 12.1. The van der Waals surface area contributed by atoms with Crippen molar-refractivity contribution >= 4 is 28.0 Å². The lowest BCUT2D eigenvalue weighted by Crippen LogP contribution is -2.31. The van der Waals surface area contributed by atoms with Crippen molar-refractivity contribution in [3.8, 4) is 11.5 Å². The topological polar surface area (TPSA) is 65.1 Å². The smallest absolute Gasteiger partial charge is 0.411 e. The third-order valence-corrected chi connectivity index (χ3v) is 6.19. The molecule has 8 heteroatoms. The van der Waals surface area contributed by atoms with Gasteiger partial charge in [0.15, 0.2) is 0 Å². The standard InChI is InChI=1S/C27H25BrFNO5/c1-3-33-25(31)13-18-11-22(29)15-23(12-18)34-24-10-9-21(28)14-20(24)16-30-17(2)26(35-27(30)32)19-7-5-4-6-8-19/h4-12,14-15,17,26H,3,13,16H2,1-2H3/t17-,26?/m0/s1. The Kier molecular flexibility index (Phi) is 7.70. The zero-order valence-electron chi connectivity index (χ0n) is 19.4. The fourth-order valence-electron chi connectivity index (χ4n) is 4.04. The lowest BCUT2D eigenvalue weighted by atomic mass is 10.0.